The second kappa shape index (κ2) is 6.62. The number of fused-ring (bicyclic) bond motifs is 2. The smallest absolute Gasteiger partial charge is 0.252 e. The summed E-state index contributed by atoms with van der Waals surface area (Å²) in [5.41, 5.74) is 12.4. The zero-order chi connectivity index (χ0) is 21.2. The Labute approximate surface area is 180 Å². The molecule has 1 atom stereocenters. The molecule has 1 saturated heterocycles. The first kappa shape index (κ1) is 18.5. The highest BCUT2D eigenvalue weighted by Crippen LogP contribution is 2.50. The predicted molar refractivity (Wildman–Crippen MR) is 117 cm³/mol. The number of nitrogens with zero attached hydrogens (tertiary/aromatic N) is 6. The van der Waals surface area contributed by atoms with E-state index in [0.29, 0.717) is 23.1 Å². The summed E-state index contributed by atoms with van der Waals surface area (Å²) in [6.07, 6.45) is 6.80. The summed E-state index contributed by atoms with van der Waals surface area (Å²) in [6, 6.07) is 8.71. The normalized spacial score (nSPS) is 20.0. The van der Waals surface area contributed by atoms with Crippen molar-refractivity contribution in [1.29, 1.82) is 0 Å². The first-order chi connectivity index (χ1) is 15.0. The fraction of sp³-hybridized carbons (Fsp3) is 0.391. The van der Waals surface area contributed by atoms with Gasteiger partial charge in [0.1, 0.15) is 5.52 Å². The molecule has 8 heteroatoms. The van der Waals surface area contributed by atoms with E-state index in [9.17, 15) is 0 Å². The predicted octanol–water partition coefficient (Wildman–Crippen LogP) is 3.17. The maximum atomic E-state index is 6.71. The van der Waals surface area contributed by atoms with Crippen LogP contribution < -0.4 is 10.6 Å². The van der Waals surface area contributed by atoms with Crippen molar-refractivity contribution in [2.24, 2.45) is 18.2 Å². The second-order valence-corrected chi connectivity index (χ2v) is 8.92. The van der Waals surface area contributed by atoms with Gasteiger partial charge in [-0.2, -0.15) is 10.1 Å². The number of rotatable bonds is 2. The molecular formula is C23H25N7O. The molecule has 4 heterocycles. The van der Waals surface area contributed by atoms with Crippen molar-refractivity contribution < 1.29 is 4.42 Å². The highest BCUT2D eigenvalue weighted by molar-refractivity contribution is 5.72. The number of oxazole rings is 1. The highest BCUT2D eigenvalue weighted by atomic mass is 16.4. The summed E-state index contributed by atoms with van der Waals surface area (Å²) >= 11 is 0. The molecule has 4 aromatic rings. The van der Waals surface area contributed by atoms with Crippen molar-refractivity contribution >= 4 is 17.2 Å². The number of hydrogen-bond donors (Lipinski definition) is 1. The van der Waals surface area contributed by atoms with Gasteiger partial charge in [-0.15, -0.1) is 0 Å². The number of aryl methyl sites for hydroxylation is 2. The third kappa shape index (κ3) is 2.85. The van der Waals surface area contributed by atoms with E-state index in [0.717, 1.165) is 43.6 Å². The van der Waals surface area contributed by atoms with E-state index in [1.807, 2.05) is 20.2 Å². The molecule has 1 fully saturated rings. The Bertz CT molecular complexity index is 1280. The molecule has 158 valence electrons. The van der Waals surface area contributed by atoms with Crippen LogP contribution in [0.5, 0.6) is 0 Å². The van der Waals surface area contributed by atoms with Crippen LogP contribution in [0.2, 0.25) is 0 Å². The number of piperidine rings is 1. The van der Waals surface area contributed by atoms with Gasteiger partial charge in [-0.25, -0.2) is 9.97 Å². The van der Waals surface area contributed by atoms with Crippen LogP contribution in [0.25, 0.3) is 22.8 Å². The minimum atomic E-state index is 0.104. The topological polar surface area (TPSA) is 98.9 Å². The van der Waals surface area contributed by atoms with Gasteiger partial charge < -0.3 is 15.1 Å². The summed E-state index contributed by atoms with van der Waals surface area (Å²) in [5, 5.41) is 4.44. The molecule has 1 aliphatic heterocycles. The highest BCUT2D eigenvalue weighted by Gasteiger charge is 2.46. The number of benzene rings is 1. The molecule has 0 unspecified atom stereocenters. The Morgan fingerprint density at radius 2 is 1.97 bits per heavy atom. The number of aromatic nitrogens is 5. The van der Waals surface area contributed by atoms with Crippen molar-refractivity contribution in [2.75, 3.05) is 18.0 Å². The SMILES string of the molecule is Cc1cn(C)nc1-c1nc2cnc(N3CCC4(CC3)Cc3ccccc3[C@H]4N)nc2o1. The Morgan fingerprint density at radius 3 is 2.71 bits per heavy atom. The molecule has 0 bridgehead atoms. The fourth-order valence-corrected chi connectivity index (χ4v) is 5.26. The molecule has 1 aliphatic carbocycles. The zero-order valence-electron chi connectivity index (χ0n) is 17.7. The Hall–Kier alpha value is -3.26. The second-order valence-electron chi connectivity index (χ2n) is 8.92. The van der Waals surface area contributed by atoms with Gasteiger partial charge in [-0.3, -0.25) is 4.68 Å². The standard InChI is InChI=1S/C23H25N7O/c1-14-13-29(2)28-18(14)21-26-17-12-25-22(27-20(17)31-21)30-9-7-23(8-10-30)11-15-5-3-4-6-16(15)19(23)24/h3-6,12-13,19H,7-11,24H2,1-2H3/t19-/m1/s1. The van der Waals surface area contributed by atoms with Crippen LogP contribution in [0.4, 0.5) is 5.95 Å². The molecule has 0 radical (unpaired) electrons. The summed E-state index contributed by atoms with van der Waals surface area (Å²) < 4.78 is 7.70. The van der Waals surface area contributed by atoms with Crippen molar-refractivity contribution in [3.63, 3.8) is 0 Å². The van der Waals surface area contributed by atoms with Crippen LogP contribution in [0.1, 0.15) is 35.6 Å². The molecular weight excluding hydrogens is 390 g/mol. The van der Waals surface area contributed by atoms with E-state index in [2.05, 4.69) is 49.2 Å². The van der Waals surface area contributed by atoms with E-state index in [1.165, 1.54) is 11.1 Å². The van der Waals surface area contributed by atoms with Gasteiger partial charge in [0.15, 0.2) is 5.69 Å². The maximum absolute atomic E-state index is 6.71. The lowest BCUT2D eigenvalue weighted by Crippen LogP contribution is -2.44. The van der Waals surface area contributed by atoms with Crippen LogP contribution in [0, 0.1) is 12.3 Å². The van der Waals surface area contributed by atoms with Crippen LogP contribution in [-0.2, 0) is 13.5 Å². The maximum Gasteiger partial charge on any atom is 0.252 e. The quantitative estimate of drug-likeness (QED) is 0.537. The molecule has 2 aliphatic rings. The van der Waals surface area contributed by atoms with E-state index >= 15 is 0 Å². The summed E-state index contributed by atoms with van der Waals surface area (Å²) in [5.74, 6) is 1.17. The molecule has 1 aromatic carbocycles. The Kier molecular flexibility index (Phi) is 3.95. The Balaban J connectivity index is 1.24. The number of hydrogen-bond acceptors (Lipinski definition) is 7. The average molecular weight is 416 g/mol. The van der Waals surface area contributed by atoms with Gasteiger partial charge in [-0.05, 0) is 48.3 Å². The van der Waals surface area contributed by atoms with Gasteiger partial charge in [0.25, 0.3) is 5.71 Å². The molecule has 8 nitrogen and oxygen atoms in total. The first-order valence-electron chi connectivity index (χ1n) is 10.7. The van der Waals surface area contributed by atoms with Crippen LogP contribution >= 0.6 is 0 Å². The third-order valence-corrected chi connectivity index (χ3v) is 6.99. The monoisotopic (exact) mass is 415 g/mol. The fourth-order valence-electron chi connectivity index (χ4n) is 5.26. The number of anilines is 1. The van der Waals surface area contributed by atoms with Crippen molar-refractivity contribution in [3.8, 4) is 11.6 Å². The molecule has 3 aromatic heterocycles. The molecule has 0 amide bonds. The van der Waals surface area contributed by atoms with E-state index < -0.39 is 0 Å². The van der Waals surface area contributed by atoms with Crippen molar-refractivity contribution in [3.05, 3.63) is 53.3 Å². The van der Waals surface area contributed by atoms with Crippen LogP contribution in [-0.4, -0.2) is 37.8 Å². The number of nitrogens with two attached hydrogens (primary N) is 1. The molecule has 2 N–H and O–H groups in total. The Morgan fingerprint density at radius 1 is 1.16 bits per heavy atom. The van der Waals surface area contributed by atoms with Gasteiger partial charge >= 0.3 is 0 Å². The average Bonchev–Trinajstić information content (AvgIpc) is 3.42. The first-order valence-corrected chi connectivity index (χ1v) is 10.7. The summed E-state index contributed by atoms with van der Waals surface area (Å²) in [7, 11) is 1.88. The van der Waals surface area contributed by atoms with Crippen LogP contribution in [0.15, 0.2) is 41.1 Å². The zero-order valence-corrected chi connectivity index (χ0v) is 17.7. The van der Waals surface area contributed by atoms with Gasteiger partial charge in [0.05, 0.1) is 6.20 Å². The largest absolute Gasteiger partial charge is 0.416 e. The molecule has 31 heavy (non-hydrogen) atoms. The van der Waals surface area contributed by atoms with E-state index in [-0.39, 0.29) is 11.5 Å². The third-order valence-electron chi connectivity index (χ3n) is 6.99. The summed E-state index contributed by atoms with van der Waals surface area (Å²) in [6.45, 7) is 3.75. The minimum Gasteiger partial charge on any atom is -0.416 e. The lowest BCUT2D eigenvalue weighted by Gasteiger charge is -2.42. The van der Waals surface area contributed by atoms with E-state index in [4.69, 9.17) is 10.2 Å². The minimum absolute atomic E-state index is 0.104. The molecule has 1 spiro atoms. The van der Waals surface area contributed by atoms with Gasteiger partial charge in [0, 0.05) is 32.4 Å². The van der Waals surface area contributed by atoms with Gasteiger partial charge in [-0.1, -0.05) is 24.3 Å². The van der Waals surface area contributed by atoms with Gasteiger partial charge in [0.2, 0.25) is 11.8 Å². The summed E-state index contributed by atoms with van der Waals surface area (Å²) in [4.78, 5) is 16.0. The lowest BCUT2D eigenvalue weighted by atomic mass is 9.73. The lowest BCUT2D eigenvalue weighted by molar-refractivity contribution is 0.187. The van der Waals surface area contributed by atoms with Crippen molar-refractivity contribution in [1.82, 2.24) is 24.7 Å². The van der Waals surface area contributed by atoms with E-state index in [1.54, 1.807) is 10.9 Å². The van der Waals surface area contributed by atoms with Crippen molar-refractivity contribution in [2.45, 2.75) is 32.2 Å². The van der Waals surface area contributed by atoms with Crippen LogP contribution in [0.3, 0.4) is 0 Å². The molecule has 0 saturated carbocycles. The molecule has 6 rings (SSSR count).